The molecule has 1 saturated heterocycles. The monoisotopic (exact) mass is 575 g/mol. The zero-order valence-corrected chi connectivity index (χ0v) is 22.2. The van der Waals surface area contributed by atoms with E-state index in [0.717, 1.165) is 31.9 Å². The van der Waals surface area contributed by atoms with Crippen LogP contribution < -0.4 is 10.6 Å². The quantitative estimate of drug-likeness (QED) is 0.113. The molecule has 1 aliphatic heterocycles. The van der Waals surface area contributed by atoms with Crippen LogP contribution in [0.25, 0.3) is 10.9 Å². The fraction of sp³-hybridized carbons (Fsp3) is 0.500. The van der Waals surface area contributed by atoms with Crippen molar-refractivity contribution < 1.29 is 9.59 Å². The van der Waals surface area contributed by atoms with Crippen molar-refractivity contribution in [1.29, 1.82) is 0 Å². The number of amides is 2. The van der Waals surface area contributed by atoms with Crippen LogP contribution in [0.4, 0.5) is 0 Å². The molecule has 2 amide bonds. The van der Waals surface area contributed by atoms with E-state index in [9.17, 15) is 9.59 Å². The van der Waals surface area contributed by atoms with Crippen LogP contribution in [0.2, 0.25) is 0 Å². The minimum Gasteiger partial charge on any atom is -0.361 e. The first kappa shape index (κ1) is 24.8. The van der Waals surface area contributed by atoms with E-state index in [4.69, 9.17) is 0 Å². The fourth-order valence-electron chi connectivity index (χ4n) is 5.91. The van der Waals surface area contributed by atoms with Crippen molar-refractivity contribution in [2.24, 2.45) is 28.7 Å². The summed E-state index contributed by atoms with van der Waals surface area (Å²) in [6, 6.07) is 6.32. The Hall–Kier alpha value is -2.36. The third-order valence-electron chi connectivity index (χ3n) is 7.40. The molecular formula is C26H34IN5O2. The smallest absolute Gasteiger partial charge is 0.233 e. The number of aromatic nitrogens is 1. The highest BCUT2D eigenvalue weighted by atomic mass is 127. The Bertz CT molecular complexity index is 1090. The zero-order chi connectivity index (χ0) is 22.9. The van der Waals surface area contributed by atoms with Crippen molar-refractivity contribution >= 4 is 52.7 Å². The Kier molecular flexibility index (Phi) is 7.64. The van der Waals surface area contributed by atoms with Gasteiger partial charge in [0.15, 0.2) is 5.96 Å². The second-order valence-corrected chi connectivity index (χ2v) is 9.43. The number of nitrogens with one attached hydrogen (secondary N) is 3. The number of carbonyl (C=O) groups is 2. The lowest BCUT2D eigenvalue weighted by molar-refractivity contribution is -0.140. The molecule has 2 fully saturated rings. The summed E-state index contributed by atoms with van der Waals surface area (Å²) in [6.07, 6.45) is 8.90. The van der Waals surface area contributed by atoms with E-state index in [1.807, 2.05) is 6.92 Å². The Labute approximate surface area is 217 Å². The topological polar surface area (TPSA) is 89.6 Å². The van der Waals surface area contributed by atoms with Gasteiger partial charge in [0.2, 0.25) is 11.8 Å². The van der Waals surface area contributed by atoms with Gasteiger partial charge in [-0.2, -0.15) is 0 Å². The number of fused-ring (bicyclic) bond motifs is 6. The molecule has 5 rings (SSSR count). The Morgan fingerprint density at radius 2 is 1.88 bits per heavy atom. The van der Waals surface area contributed by atoms with Crippen LogP contribution in [-0.2, 0) is 16.0 Å². The lowest BCUT2D eigenvalue weighted by Crippen LogP contribution is -2.38. The summed E-state index contributed by atoms with van der Waals surface area (Å²) < 4.78 is 0. The molecule has 4 unspecified atom stereocenters. The number of benzene rings is 1. The predicted octanol–water partition coefficient (Wildman–Crippen LogP) is 3.39. The molecule has 1 saturated carbocycles. The molecule has 0 spiro atoms. The highest BCUT2D eigenvalue weighted by Gasteiger charge is 2.58. The molecule has 2 bridgehead atoms. The molecular weight excluding hydrogens is 541 g/mol. The number of aromatic amines is 1. The fourth-order valence-corrected chi connectivity index (χ4v) is 5.91. The van der Waals surface area contributed by atoms with Crippen molar-refractivity contribution in [2.45, 2.75) is 33.1 Å². The van der Waals surface area contributed by atoms with Crippen LogP contribution in [0.1, 0.15) is 30.9 Å². The molecule has 0 radical (unpaired) electrons. The maximum atomic E-state index is 12.8. The van der Waals surface area contributed by atoms with Crippen LogP contribution in [0, 0.1) is 30.6 Å². The number of imide groups is 1. The Morgan fingerprint density at radius 1 is 1.15 bits per heavy atom. The number of carbonyl (C=O) groups excluding carboxylic acids is 2. The van der Waals surface area contributed by atoms with E-state index >= 15 is 0 Å². The van der Waals surface area contributed by atoms with Crippen molar-refractivity contribution in [1.82, 2.24) is 20.5 Å². The molecule has 8 heteroatoms. The molecule has 182 valence electrons. The van der Waals surface area contributed by atoms with Crippen LogP contribution in [-0.4, -0.2) is 53.8 Å². The molecule has 2 heterocycles. The van der Waals surface area contributed by atoms with Crippen molar-refractivity contribution in [3.63, 3.8) is 0 Å². The van der Waals surface area contributed by atoms with Crippen molar-refractivity contribution in [2.75, 3.05) is 26.2 Å². The summed E-state index contributed by atoms with van der Waals surface area (Å²) in [5.74, 6) is 1.16. The van der Waals surface area contributed by atoms with Gasteiger partial charge in [-0.25, -0.2) is 0 Å². The first-order valence-corrected chi connectivity index (χ1v) is 12.2. The third-order valence-corrected chi connectivity index (χ3v) is 7.40. The van der Waals surface area contributed by atoms with E-state index in [1.165, 1.54) is 26.9 Å². The molecule has 1 aromatic carbocycles. The van der Waals surface area contributed by atoms with Gasteiger partial charge in [-0.3, -0.25) is 19.5 Å². The van der Waals surface area contributed by atoms with Gasteiger partial charge in [0, 0.05) is 43.3 Å². The molecule has 7 nitrogen and oxygen atoms in total. The van der Waals surface area contributed by atoms with E-state index in [2.05, 4.69) is 64.1 Å². The zero-order valence-electron chi connectivity index (χ0n) is 19.8. The predicted molar refractivity (Wildman–Crippen MR) is 145 cm³/mol. The van der Waals surface area contributed by atoms with Crippen LogP contribution in [0.3, 0.4) is 0 Å². The minimum atomic E-state index is -0.108. The first-order chi connectivity index (χ1) is 16.1. The van der Waals surface area contributed by atoms with Crippen molar-refractivity contribution in [3.05, 3.63) is 47.7 Å². The molecule has 3 N–H and O–H groups in total. The largest absolute Gasteiger partial charge is 0.361 e. The van der Waals surface area contributed by atoms with Gasteiger partial charge in [0.05, 0.1) is 11.8 Å². The molecule has 4 atom stereocenters. The number of likely N-dealkylation sites (tertiary alicyclic amines) is 1. The first-order valence-electron chi connectivity index (χ1n) is 12.2. The third kappa shape index (κ3) is 4.48. The number of hydrogen-bond donors (Lipinski definition) is 3. The number of halogens is 1. The molecule has 2 aliphatic carbocycles. The SMILES string of the molecule is CCNC(=NCCCN1C(=O)C2C3C=CC(C3)C2C1=O)NCCc1c[nH]c2cccc(C)c12.I. The summed E-state index contributed by atoms with van der Waals surface area (Å²) in [4.78, 5) is 35.1. The van der Waals surface area contributed by atoms with Crippen LogP contribution in [0.5, 0.6) is 0 Å². The molecule has 2 aromatic rings. The molecule has 1 aromatic heterocycles. The van der Waals surface area contributed by atoms with Crippen molar-refractivity contribution in [3.8, 4) is 0 Å². The number of aliphatic imine (C=N–C) groups is 1. The lowest BCUT2D eigenvalue weighted by atomic mass is 9.85. The van der Waals surface area contributed by atoms with Gasteiger partial charge in [-0.05, 0) is 62.1 Å². The highest BCUT2D eigenvalue weighted by molar-refractivity contribution is 14.0. The molecule has 34 heavy (non-hydrogen) atoms. The number of aryl methyl sites for hydroxylation is 1. The van der Waals surface area contributed by atoms with E-state index < -0.39 is 0 Å². The van der Waals surface area contributed by atoms with E-state index in [-0.39, 0.29) is 59.5 Å². The maximum absolute atomic E-state index is 12.8. The van der Waals surface area contributed by atoms with E-state index in [1.54, 1.807) is 0 Å². The average Bonchev–Trinajstić information content (AvgIpc) is 3.57. The number of allylic oxidation sites excluding steroid dienone is 2. The number of rotatable bonds is 8. The second kappa shape index (κ2) is 10.5. The number of nitrogens with zero attached hydrogens (tertiary/aromatic N) is 2. The number of hydrogen-bond acceptors (Lipinski definition) is 3. The summed E-state index contributed by atoms with van der Waals surface area (Å²) in [5.41, 5.74) is 3.75. The average molecular weight is 575 g/mol. The number of guanidine groups is 1. The van der Waals surface area contributed by atoms with Gasteiger partial charge < -0.3 is 15.6 Å². The molecule has 3 aliphatic rings. The van der Waals surface area contributed by atoms with Gasteiger partial charge in [0.1, 0.15) is 0 Å². The normalized spacial score (nSPS) is 25.2. The summed E-state index contributed by atoms with van der Waals surface area (Å²) in [6.45, 7) is 6.77. The van der Waals surface area contributed by atoms with E-state index in [0.29, 0.717) is 19.5 Å². The summed E-state index contributed by atoms with van der Waals surface area (Å²) >= 11 is 0. The Morgan fingerprint density at radius 3 is 2.59 bits per heavy atom. The second-order valence-electron chi connectivity index (χ2n) is 9.43. The van der Waals surface area contributed by atoms with Gasteiger partial charge in [0.25, 0.3) is 0 Å². The standard InChI is InChI=1S/C26H33N5O2.HI/c1-3-27-26(29-12-10-19-15-30-20-7-4-6-16(2)21(19)20)28-11-5-13-31-24(32)22-17-8-9-18(14-17)23(22)25(31)33;/h4,6-9,15,17-18,22-23,30H,3,5,10-14H2,1-2H3,(H2,27,28,29);1H. The maximum Gasteiger partial charge on any atom is 0.233 e. The van der Waals surface area contributed by atoms with Crippen LogP contribution in [0.15, 0.2) is 41.5 Å². The Balaban J connectivity index is 0.00000274. The van der Waals surface area contributed by atoms with Gasteiger partial charge in [-0.15, -0.1) is 24.0 Å². The van der Waals surface area contributed by atoms with Crippen LogP contribution >= 0.6 is 24.0 Å². The summed E-state index contributed by atoms with van der Waals surface area (Å²) in [5, 5.41) is 8.00. The minimum absolute atomic E-state index is 0. The van der Waals surface area contributed by atoms with Gasteiger partial charge in [-0.1, -0.05) is 24.3 Å². The van der Waals surface area contributed by atoms with Gasteiger partial charge >= 0.3 is 0 Å². The lowest BCUT2D eigenvalue weighted by Gasteiger charge is -2.17. The summed E-state index contributed by atoms with van der Waals surface area (Å²) in [7, 11) is 0. The highest BCUT2D eigenvalue weighted by Crippen LogP contribution is 2.52. The number of H-pyrrole nitrogens is 1.